The normalized spacial score (nSPS) is 19.6. The molecule has 0 aliphatic heterocycles. The lowest BCUT2D eigenvalue weighted by atomic mass is 9.75. The Balaban J connectivity index is 2.43. The number of amides is 1. The van der Waals surface area contributed by atoms with Gasteiger partial charge in [0.2, 0.25) is 5.91 Å². The largest absolute Gasteiger partial charge is 0.480 e. The van der Waals surface area contributed by atoms with Gasteiger partial charge in [-0.2, -0.15) is 0 Å². The van der Waals surface area contributed by atoms with Crippen molar-refractivity contribution in [2.75, 3.05) is 6.54 Å². The van der Waals surface area contributed by atoms with E-state index >= 15 is 0 Å². The van der Waals surface area contributed by atoms with E-state index < -0.39 is 12.0 Å². The van der Waals surface area contributed by atoms with Crippen molar-refractivity contribution in [1.82, 2.24) is 10.6 Å². The highest BCUT2D eigenvalue weighted by molar-refractivity contribution is 5.82. The first-order valence-electron chi connectivity index (χ1n) is 5.74. The maximum absolute atomic E-state index is 10.9. The van der Waals surface area contributed by atoms with Gasteiger partial charge in [-0.05, 0) is 25.7 Å². The Morgan fingerprint density at radius 1 is 1.44 bits per heavy atom. The van der Waals surface area contributed by atoms with Gasteiger partial charge in [0, 0.05) is 19.0 Å². The Morgan fingerprint density at radius 2 is 2.06 bits per heavy atom. The van der Waals surface area contributed by atoms with E-state index in [4.69, 9.17) is 5.11 Å². The van der Waals surface area contributed by atoms with Crippen LogP contribution in [0.3, 0.4) is 0 Å². The number of rotatable bonds is 6. The summed E-state index contributed by atoms with van der Waals surface area (Å²) in [6, 6.07) is -0.832. The van der Waals surface area contributed by atoms with Crippen molar-refractivity contribution in [2.45, 2.75) is 51.1 Å². The minimum absolute atomic E-state index is 0.103. The highest BCUT2D eigenvalue weighted by Crippen LogP contribution is 2.34. The van der Waals surface area contributed by atoms with Crippen molar-refractivity contribution >= 4 is 11.9 Å². The first-order chi connectivity index (χ1) is 7.49. The van der Waals surface area contributed by atoms with E-state index in [1.165, 1.54) is 13.3 Å². The summed E-state index contributed by atoms with van der Waals surface area (Å²) >= 11 is 0. The smallest absolute Gasteiger partial charge is 0.327 e. The van der Waals surface area contributed by atoms with Crippen LogP contribution in [-0.2, 0) is 9.59 Å². The van der Waals surface area contributed by atoms with Gasteiger partial charge in [0.15, 0.2) is 0 Å². The minimum atomic E-state index is -0.992. The summed E-state index contributed by atoms with van der Waals surface area (Å²) in [4.78, 5) is 21.7. The second kappa shape index (κ2) is 5.30. The van der Waals surface area contributed by atoms with Crippen molar-refractivity contribution in [3.63, 3.8) is 0 Å². The topological polar surface area (TPSA) is 78.4 Å². The molecule has 0 bridgehead atoms. The van der Waals surface area contributed by atoms with Crippen LogP contribution in [0.1, 0.15) is 39.5 Å². The second-order valence-corrected chi connectivity index (χ2v) is 4.46. The lowest BCUT2D eigenvalue weighted by molar-refractivity contribution is -0.141. The van der Waals surface area contributed by atoms with Gasteiger partial charge in [0.25, 0.3) is 0 Å². The number of nitrogens with one attached hydrogen (secondary N) is 2. The predicted octanol–water partition coefficient (Wildman–Crippen LogP) is 0.498. The monoisotopic (exact) mass is 228 g/mol. The molecule has 1 atom stereocenters. The SMILES string of the molecule is CCC1(NCC(NC(C)=O)C(=O)O)CCC1. The van der Waals surface area contributed by atoms with Crippen molar-refractivity contribution in [3.8, 4) is 0 Å². The van der Waals surface area contributed by atoms with E-state index in [0.29, 0.717) is 6.54 Å². The molecule has 1 amide bonds. The van der Waals surface area contributed by atoms with Gasteiger partial charge in [-0.25, -0.2) is 4.79 Å². The third-order valence-corrected chi connectivity index (χ3v) is 3.34. The van der Waals surface area contributed by atoms with E-state index in [-0.39, 0.29) is 11.4 Å². The van der Waals surface area contributed by atoms with Gasteiger partial charge in [-0.3, -0.25) is 4.79 Å². The molecule has 92 valence electrons. The van der Waals surface area contributed by atoms with Crippen LogP contribution in [-0.4, -0.2) is 35.1 Å². The number of carbonyl (C=O) groups is 2. The molecule has 1 aliphatic carbocycles. The summed E-state index contributed by atoms with van der Waals surface area (Å²) in [6.07, 6.45) is 4.38. The Hall–Kier alpha value is -1.10. The Kier molecular flexibility index (Phi) is 4.29. The van der Waals surface area contributed by atoms with Gasteiger partial charge in [0.1, 0.15) is 6.04 Å². The standard InChI is InChI=1S/C11H20N2O3/c1-3-11(5-4-6-11)12-7-9(10(15)16)13-8(2)14/h9,12H,3-7H2,1-2H3,(H,13,14)(H,15,16). The lowest BCUT2D eigenvalue weighted by Crippen LogP contribution is -2.56. The van der Waals surface area contributed by atoms with Crippen molar-refractivity contribution in [1.29, 1.82) is 0 Å². The van der Waals surface area contributed by atoms with Crippen molar-refractivity contribution in [2.24, 2.45) is 0 Å². The molecule has 1 saturated carbocycles. The summed E-state index contributed by atoms with van der Waals surface area (Å²) in [7, 11) is 0. The van der Waals surface area contributed by atoms with Crippen LogP contribution in [0.2, 0.25) is 0 Å². The van der Waals surface area contributed by atoms with Crippen molar-refractivity contribution < 1.29 is 14.7 Å². The maximum Gasteiger partial charge on any atom is 0.327 e. The maximum atomic E-state index is 10.9. The molecule has 0 spiro atoms. The van der Waals surface area contributed by atoms with Gasteiger partial charge < -0.3 is 15.7 Å². The third-order valence-electron chi connectivity index (χ3n) is 3.34. The number of carboxylic acid groups (broad SMARTS) is 1. The van der Waals surface area contributed by atoms with E-state index in [0.717, 1.165) is 19.3 Å². The minimum Gasteiger partial charge on any atom is -0.480 e. The number of aliphatic carboxylic acids is 1. The molecule has 0 aromatic heterocycles. The average molecular weight is 228 g/mol. The molecule has 16 heavy (non-hydrogen) atoms. The fraction of sp³-hybridized carbons (Fsp3) is 0.818. The molecule has 0 heterocycles. The van der Waals surface area contributed by atoms with Crippen LogP contribution in [0, 0.1) is 0 Å². The molecule has 0 radical (unpaired) electrons. The number of carbonyl (C=O) groups excluding carboxylic acids is 1. The molecule has 1 aliphatic rings. The molecule has 0 aromatic carbocycles. The number of hydrogen-bond acceptors (Lipinski definition) is 3. The van der Waals surface area contributed by atoms with Crippen LogP contribution in [0.15, 0.2) is 0 Å². The Bertz CT molecular complexity index is 269. The van der Waals surface area contributed by atoms with Gasteiger partial charge in [0.05, 0.1) is 0 Å². The fourth-order valence-corrected chi connectivity index (χ4v) is 2.02. The van der Waals surface area contributed by atoms with Crippen LogP contribution in [0.5, 0.6) is 0 Å². The average Bonchev–Trinajstić information content (AvgIpc) is 2.14. The summed E-state index contributed by atoms with van der Waals surface area (Å²) in [5, 5.41) is 14.6. The van der Waals surface area contributed by atoms with Gasteiger partial charge >= 0.3 is 5.97 Å². The zero-order valence-electron chi connectivity index (χ0n) is 9.88. The molecule has 1 rings (SSSR count). The molecular formula is C11H20N2O3. The Morgan fingerprint density at radius 3 is 2.38 bits per heavy atom. The zero-order valence-corrected chi connectivity index (χ0v) is 9.88. The van der Waals surface area contributed by atoms with Crippen LogP contribution in [0.25, 0.3) is 0 Å². The first kappa shape index (κ1) is 13.0. The first-order valence-corrected chi connectivity index (χ1v) is 5.74. The highest BCUT2D eigenvalue weighted by Gasteiger charge is 2.35. The van der Waals surface area contributed by atoms with E-state index in [1.807, 2.05) is 0 Å². The summed E-state index contributed by atoms with van der Waals surface area (Å²) in [5.41, 5.74) is 0.103. The molecule has 5 nitrogen and oxygen atoms in total. The van der Waals surface area contributed by atoms with Crippen LogP contribution >= 0.6 is 0 Å². The second-order valence-electron chi connectivity index (χ2n) is 4.46. The highest BCUT2D eigenvalue weighted by atomic mass is 16.4. The molecule has 5 heteroatoms. The molecular weight excluding hydrogens is 208 g/mol. The number of carboxylic acids is 1. The molecule has 3 N–H and O–H groups in total. The third kappa shape index (κ3) is 3.20. The lowest BCUT2D eigenvalue weighted by Gasteiger charge is -2.43. The van der Waals surface area contributed by atoms with Gasteiger partial charge in [-0.1, -0.05) is 6.92 Å². The summed E-state index contributed by atoms with van der Waals surface area (Å²) in [5.74, 6) is -1.30. The zero-order chi connectivity index (χ0) is 12.2. The van der Waals surface area contributed by atoms with E-state index in [2.05, 4.69) is 17.6 Å². The quantitative estimate of drug-likeness (QED) is 0.618. The molecule has 0 saturated heterocycles. The Labute approximate surface area is 95.6 Å². The van der Waals surface area contributed by atoms with Gasteiger partial charge in [-0.15, -0.1) is 0 Å². The van der Waals surface area contributed by atoms with Crippen LogP contribution < -0.4 is 10.6 Å². The summed E-state index contributed by atoms with van der Waals surface area (Å²) < 4.78 is 0. The summed E-state index contributed by atoms with van der Waals surface area (Å²) in [6.45, 7) is 3.72. The van der Waals surface area contributed by atoms with E-state index in [9.17, 15) is 9.59 Å². The van der Waals surface area contributed by atoms with E-state index in [1.54, 1.807) is 0 Å². The van der Waals surface area contributed by atoms with Crippen molar-refractivity contribution in [3.05, 3.63) is 0 Å². The van der Waals surface area contributed by atoms with Crippen LogP contribution in [0.4, 0.5) is 0 Å². The molecule has 1 fully saturated rings. The fourth-order valence-electron chi connectivity index (χ4n) is 2.02. The molecule has 0 aromatic rings. The predicted molar refractivity (Wildman–Crippen MR) is 60.1 cm³/mol. The number of hydrogen-bond donors (Lipinski definition) is 3. The molecule has 1 unspecified atom stereocenters.